The van der Waals surface area contributed by atoms with Gasteiger partial charge >= 0.3 is 0 Å². The first-order valence-corrected chi connectivity index (χ1v) is 7.84. The monoisotopic (exact) mass is 313 g/mol. The van der Waals surface area contributed by atoms with E-state index in [0.717, 1.165) is 28.1 Å². The molecule has 0 saturated carbocycles. The van der Waals surface area contributed by atoms with Gasteiger partial charge in [-0.2, -0.15) is 0 Å². The highest BCUT2D eigenvalue weighted by molar-refractivity contribution is 5.91. The zero-order chi connectivity index (χ0) is 16.7. The molecule has 2 aromatic rings. The summed E-state index contributed by atoms with van der Waals surface area (Å²) in [7, 11) is 0. The number of hydrogen-bond donors (Lipinski definition) is 2. The highest BCUT2D eigenvalue weighted by atomic mass is 16.5. The van der Waals surface area contributed by atoms with Crippen molar-refractivity contribution in [2.24, 2.45) is 0 Å². The topological polar surface area (TPSA) is 58.6 Å². The second-order valence-corrected chi connectivity index (χ2v) is 5.43. The van der Waals surface area contributed by atoms with Crippen molar-refractivity contribution in [3.05, 3.63) is 59.2 Å². The number of aryl methyl sites for hydroxylation is 2. The van der Waals surface area contributed by atoms with Crippen LogP contribution in [0, 0.1) is 6.92 Å². The van der Waals surface area contributed by atoms with Crippen LogP contribution in [0.2, 0.25) is 0 Å². The van der Waals surface area contributed by atoms with Crippen molar-refractivity contribution in [3.8, 4) is 5.75 Å². The Labute approximate surface area is 137 Å². The van der Waals surface area contributed by atoms with Crippen LogP contribution in [0.3, 0.4) is 0 Å². The molecule has 4 heteroatoms. The maximum atomic E-state index is 12.1. The minimum atomic E-state index is -0.0324. The Kier molecular flexibility index (Phi) is 6.18. The Bertz CT molecular complexity index is 650. The van der Waals surface area contributed by atoms with Crippen LogP contribution in [0.1, 0.15) is 30.0 Å². The fourth-order valence-electron chi connectivity index (χ4n) is 2.29. The molecule has 2 aromatic carbocycles. The Morgan fingerprint density at radius 1 is 1.13 bits per heavy atom. The zero-order valence-electron chi connectivity index (χ0n) is 13.6. The fourth-order valence-corrected chi connectivity index (χ4v) is 2.29. The molecule has 0 bridgehead atoms. The van der Waals surface area contributed by atoms with Gasteiger partial charge in [0, 0.05) is 12.1 Å². The largest absolute Gasteiger partial charge is 0.494 e. The number of hydrogen-bond acceptors (Lipinski definition) is 3. The molecular weight excluding hydrogens is 290 g/mol. The van der Waals surface area contributed by atoms with Gasteiger partial charge in [0.15, 0.2) is 0 Å². The molecule has 0 heterocycles. The Morgan fingerprint density at radius 2 is 1.83 bits per heavy atom. The first kappa shape index (κ1) is 17.0. The summed E-state index contributed by atoms with van der Waals surface area (Å²) in [5.74, 6) is 0.814. The molecule has 4 nitrogen and oxygen atoms in total. The second kappa shape index (κ2) is 8.34. The molecule has 0 aliphatic rings. The lowest BCUT2D eigenvalue weighted by Crippen LogP contribution is -2.13. The van der Waals surface area contributed by atoms with E-state index in [1.165, 1.54) is 0 Å². The van der Waals surface area contributed by atoms with E-state index in [-0.39, 0.29) is 12.5 Å². The van der Waals surface area contributed by atoms with Gasteiger partial charge in [-0.3, -0.25) is 4.79 Å². The van der Waals surface area contributed by atoms with Gasteiger partial charge in [-0.05, 0) is 55.2 Å². The standard InChI is InChI=1S/C19H23NO3/c1-3-23-17-9-6-15(7-10-17)8-11-19(22)20-18-12-16(13-21)5-4-14(18)2/h4-7,9-10,12,21H,3,8,11,13H2,1-2H3,(H,20,22). The molecular formula is C19H23NO3. The molecule has 0 fully saturated rings. The highest BCUT2D eigenvalue weighted by Crippen LogP contribution is 2.18. The summed E-state index contributed by atoms with van der Waals surface area (Å²) in [6, 6.07) is 13.4. The second-order valence-electron chi connectivity index (χ2n) is 5.43. The summed E-state index contributed by atoms with van der Waals surface area (Å²) in [5.41, 5.74) is 3.63. The number of carbonyl (C=O) groups is 1. The molecule has 0 radical (unpaired) electrons. The van der Waals surface area contributed by atoms with E-state index in [1.54, 1.807) is 0 Å². The van der Waals surface area contributed by atoms with E-state index in [0.29, 0.717) is 19.4 Å². The van der Waals surface area contributed by atoms with Crippen molar-refractivity contribution in [2.45, 2.75) is 33.3 Å². The third-order valence-electron chi connectivity index (χ3n) is 3.63. The van der Waals surface area contributed by atoms with Gasteiger partial charge in [-0.1, -0.05) is 24.3 Å². The third-order valence-corrected chi connectivity index (χ3v) is 3.63. The number of carbonyl (C=O) groups excluding carboxylic acids is 1. The minimum Gasteiger partial charge on any atom is -0.494 e. The van der Waals surface area contributed by atoms with Crippen molar-refractivity contribution in [1.82, 2.24) is 0 Å². The van der Waals surface area contributed by atoms with Crippen molar-refractivity contribution in [3.63, 3.8) is 0 Å². The number of nitrogens with one attached hydrogen (secondary N) is 1. The van der Waals surface area contributed by atoms with Gasteiger partial charge in [0.2, 0.25) is 5.91 Å². The summed E-state index contributed by atoms with van der Waals surface area (Å²) >= 11 is 0. The number of ether oxygens (including phenoxy) is 1. The summed E-state index contributed by atoms with van der Waals surface area (Å²) in [5, 5.41) is 12.1. The first-order chi connectivity index (χ1) is 11.1. The highest BCUT2D eigenvalue weighted by Gasteiger charge is 2.06. The zero-order valence-corrected chi connectivity index (χ0v) is 13.6. The van der Waals surface area contributed by atoms with Crippen LogP contribution in [0.4, 0.5) is 5.69 Å². The summed E-state index contributed by atoms with van der Waals surface area (Å²) < 4.78 is 5.40. The average molecular weight is 313 g/mol. The maximum Gasteiger partial charge on any atom is 0.224 e. The van der Waals surface area contributed by atoms with Gasteiger partial charge in [0.25, 0.3) is 0 Å². The Balaban J connectivity index is 1.90. The van der Waals surface area contributed by atoms with Gasteiger partial charge in [-0.25, -0.2) is 0 Å². The van der Waals surface area contributed by atoms with Gasteiger partial charge in [0.1, 0.15) is 5.75 Å². The van der Waals surface area contributed by atoms with E-state index < -0.39 is 0 Å². The molecule has 0 unspecified atom stereocenters. The molecule has 2 rings (SSSR count). The van der Waals surface area contributed by atoms with Crippen LogP contribution in [0.25, 0.3) is 0 Å². The lowest BCUT2D eigenvalue weighted by atomic mass is 10.1. The van der Waals surface area contributed by atoms with Crippen LogP contribution >= 0.6 is 0 Å². The van der Waals surface area contributed by atoms with Crippen molar-refractivity contribution < 1.29 is 14.6 Å². The van der Waals surface area contributed by atoms with Crippen LogP contribution in [0.5, 0.6) is 5.75 Å². The number of rotatable bonds is 7. The first-order valence-electron chi connectivity index (χ1n) is 7.84. The van der Waals surface area contributed by atoms with Crippen LogP contribution in [-0.4, -0.2) is 17.6 Å². The molecule has 0 aliphatic carbocycles. The lowest BCUT2D eigenvalue weighted by molar-refractivity contribution is -0.116. The molecule has 0 saturated heterocycles. The number of benzene rings is 2. The predicted molar refractivity (Wildman–Crippen MR) is 91.7 cm³/mol. The van der Waals surface area contributed by atoms with Crippen molar-refractivity contribution in [2.75, 3.05) is 11.9 Å². The average Bonchev–Trinajstić information content (AvgIpc) is 2.56. The van der Waals surface area contributed by atoms with E-state index in [9.17, 15) is 9.90 Å². The molecule has 0 aliphatic heterocycles. The summed E-state index contributed by atoms with van der Waals surface area (Å²) in [6.45, 7) is 4.50. The molecule has 2 N–H and O–H groups in total. The summed E-state index contributed by atoms with van der Waals surface area (Å²) in [6.07, 6.45) is 1.09. The van der Waals surface area contributed by atoms with Crippen LogP contribution in [0.15, 0.2) is 42.5 Å². The van der Waals surface area contributed by atoms with E-state index in [2.05, 4.69) is 5.32 Å². The SMILES string of the molecule is CCOc1ccc(CCC(=O)Nc2cc(CO)ccc2C)cc1. The van der Waals surface area contributed by atoms with Gasteiger partial charge < -0.3 is 15.2 Å². The maximum absolute atomic E-state index is 12.1. The molecule has 0 spiro atoms. The molecule has 0 atom stereocenters. The quantitative estimate of drug-likeness (QED) is 0.823. The van der Waals surface area contributed by atoms with E-state index in [4.69, 9.17) is 4.74 Å². The van der Waals surface area contributed by atoms with Gasteiger partial charge in [-0.15, -0.1) is 0 Å². The van der Waals surface area contributed by atoms with Gasteiger partial charge in [0.05, 0.1) is 13.2 Å². The van der Waals surface area contributed by atoms with Crippen LogP contribution < -0.4 is 10.1 Å². The summed E-state index contributed by atoms with van der Waals surface area (Å²) in [4.78, 5) is 12.1. The smallest absolute Gasteiger partial charge is 0.224 e. The Morgan fingerprint density at radius 3 is 2.48 bits per heavy atom. The number of anilines is 1. The Hall–Kier alpha value is -2.33. The molecule has 0 aromatic heterocycles. The third kappa shape index (κ3) is 5.11. The number of amides is 1. The lowest BCUT2D eigenvalue weighted by Gasteiger charge is -2.10. The van der Waals surface area contributed by atoms with Crippen molar-refractivity contribution >= 4 is 11.6 Å². The minimum absolute atomic E-state index is 0.0305. The number of aliphatic hydroxyl groups is 1. The molecule has 122 valence electrons. The molecule has 1 amide bonds. The molecule has 23 heavy (non-hydrogen) atoms. The normalized spacial score (nSPS) is 10.4. The van der Waals surface area contributed by atoms with Crippen LogP contribution in [-0.2, 0) is 17.8 Å². The van der Waals surface area contributed by atoms with E-state index >= 15 is 0 Å². The predicted octanol–water partition coefficient (Wildman–Crippen LogP) is 3.46. The van der Waals surface area contributed by atoms with E-state index in [1.807, 2.05) is 56.3 Å². The van der Waals surface area contributed by atoms with Crippen molar-refractivity contribution in [1.29, 1.82) is 0 Å². The number of aliphatic hydroxyl groups excluding tert-OH is 1. The fraction of sp³-hybridized carbons (Fsp3) is 0.316.